The fourth-order valence-corrected chi connectivity index (χ4v) is 4.39. The zero-order chi connectivity index (χ0) is 12.4. The molecule has 0 aliphatic rings. The second-order valence-electron chi connectivity index (χ2n) is 3.82. The van der Waals surface area contributed by atoms with Gasteiger partial charge in [-0.3, -0.25) is 0 Å². The number of halogens is 1. The second kappa shape index (κ2) is 5.61. The number of nitrogens with one attached hydrogen (secondary N) is 1. The minimum Gasteiger partial charge on any atom is -0.304 e. The summed E-state index contributed by atoms with van der Waals surface area (Å²) < 4.78 is 1.17. The van der Waals surface area contributed by atoms with Gasteiger partial charge in [0.05, 0.1) is 11.7 Å². The van der Waals surface area contributed by atoms with Crippen LogP contribution in [0, 0.1) is 13.8 Å². The van der Waals surface area contributed by atoms with Crippen molar-refractivity contribution in [2.45, 2.75) is 26.8 Å². The summed E-state index contributed by atoms with van der Waals surface area (Å²) in [6.45, 7) is 7.26. The Bertz CT molecular complexity index is 485. The van der Waals surface area contributed by atoms with E-state index in [9.17, 15) is 0 Å². The first-order valence-electron chi connectivity index (χ1n) is 5.53. The molecule has 0 bridgehead atoms. The van der Waals surface area contributed by atoms with E-state index in [0.717, 1.165) is 17.2 Å². The second-order valence-corrected chi connectivity index (χ2v) is 6.85. The van der Waals surface area contributed by atoms with Crippen LogP contribution in [-0.2, 0) is 0 Å². The van der Waals surface area contributed by atoms with E-state index in [1.807, 2.05) is 0 Å². The van der Waals surface area contributed by atoms with Crippen LogP contribution in [0.2, 0.25) is 0 Å². The third-order valence-corrected chi connectivity index (χ3v) is 5.68. The molecular weight excluding hydrogens is 316 g/mol. The van der Waals surface area contributed by atoms with Gasteiger partial charge in [0, 0.05) is 14.2 Å². The predicted octanol–water partition coefficient (Wildman–Crippen LogP) is 4.28. The molecule has 92 valence electrons. The van der Waals surface area contributed by atoms with Gasteiger partial charge in [-0.15, -0.1) is 22.7 Å². The highest BCUT2D eigenvalue weighted by atomic mass is 79.9. The number of thiazole rings is 1. The Kier molecular flexibility index (Phi) is 4.36. The lowest BCUT2D eigenvalue weighted by Crippen LogP contribution is -2.21. The third-order valence-electron chi connectivity index (χ3n) is 2.61. The van der Waals surface area contributed by atoms with Crippen LogP contribution < -0.4 is 5.32 Å². The molecule has 2 rings (SSSR count). The van der Waals surface area contributed by atoms with Gasteiger partial charge in [-0.25, -0.2) is 4.98 Å². The summed E-state index contributed by atoms with van der Waals surface area (Å²) in [4.78, 5) is 7.28. The summed E-state index contributed by atoms with van der Waals surface area (Å²) in [6.07, 6.45) is 0. The fraction of sp³-hybridized carbons (Fsp3) is 0.417. The van der Waals surface area contributed by atoms with Gasteiger partial charge >= 0.3 is 0 Å². The summed E-state index contributed by atoms with van der Waals surface area (Å²) in [5, 5.41) is 6.78. The minimum atomic E-state index is 0.215. The van der Waals surface area contributed by atoms with Crippen LogP contribution in [0.4, 0.5) is 0 Å². The molecule has 2 heterocycles. The van der Waals surface area contributed by atoms with E-state index in [0.29, 0.717) is 0 Å². The number of rotatable bonds is 4. The lowest BCUT2D eigenvalue weighted by Gasteiger charge is -2.14. The number of thiophene rings is 1. The smallest absolute Gasteiger partial charge is 0.116 e. The maximum absolute atomic E-state index is 4.67. The third kappa shape index (κ3) is 2.78. The van der Waals surface area contributed by atoms with Gasteiger partial charge in [-0.05, 0) is 47.8 Å². The number of nitrogens with zero attached hydrogens (tertiary/aromatic N) is 1. The van der Waals surface area contributed by atoms with E-state index in [1.165, 1.54) is 14.2 Å². The van der Waals surface area contributed by atoms with Crippen LogP contribution in [0.25, 0.3) is 0 Å². The number of hydrogen-bond acceptors (Lipinski definition) is 4. The van der Waals surface area contributed by atoms with Crippen molar-refractivity contribution >= 4 is 38.6 Å². The highest BCUT2D eigenvalue weighted by Gasteiger charge is 2.21. The first-order valence-corrected chi connectivity index (χ1v) is 8.02. The highest BCUT2D eigenvalue weighted by molar-refractivity contribution is 9.10. The molecule has 0 saturated carbocycles. The SMILES string of the molecule is CCNC(c1nc(C)c(C)s1)c1sccc1Br. The standard InChI is InChI=1S/C12H15BrN2S2/c1-4-14-10(11-9(13)5-6-16-11)12-15-7(2)8(3)17-12/h5-6,10,14H,4H2,1-3H3. The van der Waals surface area contributed by atoms with Gasteiger partial charge in [0.25, 0.3) is 0 Å². The van der Waals surface area contributed by atoms with Gasteiger partial charge in [0.15, 0.2) is 0 Å². The molecule has 2 nitrogen and oxygen atoms in total. The van der Waals surface area contributed by atoms with Crippen LogP contribution >= 0.6 is 38.6 Å². The van der Waals surface area contributed by atoms with E-state index in [-0.39, 0.29) is 6.04 Å². The number of aryl methyl sites for hydroxylation is 2. The van der Waals surface area contributed by atoms with Gasteiger partial charge in [0.2, 0.25) is 0 Å². The van der Waals surface area contributed by atoms with E-state index in [1.54, 1.807) is 22.7 Å². The van der Waals surface area contributed by atoms with E-state index >= 15 is 0 Å². The predicted molar refractivity (Wildman–Crippen MR) is 79.1 cm³/mol. The molecule has 5 heteroatoms. The van der Waals surface area contributed by atoms with E-state index in [2.05, 4.69) is 58.4 Å². The topological polar surface area (TPSA) is 24.9 Å². The first kappa shape index (κ1) is 13.2. The largest absolute Gasteiger partial charge is 0.304 e. The molecule has 2 aromatic rings. The van der Waals surface area contributed by atoms with Crippen molar-refractivity contribution in [2.75, 3.05) is 6.54 Å². The molecule has 0 aromatic carbocycles. The molecule has 0 fully saturated rings. The van der Waals surface area contributed by atoms with Crippen LogP contribution in [0.1, 0.15) is 33.4 Å². The summed E-state index contributed by atoms with van der Waals surface area (Å²) in [7, 11) is 0. The van der Waals surface area contributed by atoms with Crippen molar-refractivity contribution in [3.8, 4) is 0 Å². The summed E-state index contributed by atoms with van der Waals surface area (Å²) in [6, 6.07) is 2.31. The van der Waals surface area contributed by atoms with Crippen molar-refractivity contribution in [3.63, 3.8) is 0 Å². The molecule has 0 aliphatic carbocycles. The Morgan fingerprint density at radius 1 is 1.47 bits per heavy atom. The molecule has 2 aromatic heterocycles. The van der Waals surface area contributed by atoms with Gasteiger partial charge in [0.1, 0.15) is 5.01 Å². The molecule has 0 aliphatic heterocycles. The average Bonchev–Trinajstić information content (AvgIpc) is 2.83. The summed E-state index contributed by atoms with van der Waals surface area (Å²) in [5.41, 5.74) is 1.14. The Labute approximate surface area is 118 Å². The summed E-state index contributed by atoms with van der Waals surface area (Å²) >= 11 is 7.15. The number of aromatic nitrogens is 1. The highest BCUT2D eigenvalue weighted by Crippen LogP contribution is 2.35. The zero-order valence-electron chi connectivity index (χ0n) is 10.1. The maximum atomic E-state index is 4.67. The fourth-order valence-electron chi connectivity index (χ4n) is 1.63. The van der Waals surface area contributed by atoms with Crippen molar-refractivity contribution in [1.82, 2.24) is 10.3 Å². The minimum absolute atomic E-state index is 0.215. The van der Waals surface area contributed by atoms with Crippen molar-refractivity contribution < 1.29 is 0 Å². The molecule has 1 unspecified atom stereocenters. The van der Waals surface area contributed by atoms with E-state index in [4.69, 9.17) is 0 Å². The maximum Gasteiger partial charge on any atom is 0.116 e. The molecule has 0 saturated heterocycles. The van der Waals surface area contributed by atoms with E-state index < -0.39 is 0 Å². The van der Waals surface area contributed by atoms with Gasteiger partial charge in [-0.2, -0.15) is 0 Å². The van der Waals surface area contributed by atoms with Gasteiger partial charge in [-0.1, -0.05) is 6.92 Å². The molecule has 17 heavy (non-hydrogen) atoms. The molecular formula is C12H15BrN2S2. The Morgan fingerprint density at radius 2 is 2.24 bits per heavy atom. The Hall–Kier alpha value is -0.230. The molecule has 1 N–H and O–H groups in total. The van der Waals surface area contributed by atoms with Crippen molar-refractivity contribution in [3.05, 3.63) is 36.4 Å². The van der Waals surface area contributed by atoms with Crippen LogP contribution in [0.5, 0.6) is 0 Å². The average molecular weight is 331 g/mol. The van der Waals surface area contributed by atoms with Crippen molar-refractivity contribution in [1.29, 1.82) is 0 Å². The van der Waals surface area contributed by atoms with Crippen LogP contribution in [-0.4, -0.2) is 11.5 Å². The molecule has 0 spiro atoms. The first-order chi connectivity index (χ1) is 8.13. The normalized spacial score (nSPS) is 12.9. The quantitative estimate of drug-likeness (QED) is 0.904. The van der Waals surface area contributed by atoms with Crippen molar-refractivity contribution in [2.24, 2.45) is 0 Å². The lowest BCUT2D eigenvalue weighted by molar-refractivity contribution is 0.633. The Balaban J connectivity index is 2.39. The molecule has 1 atom stereocenters. The molecule has 0 amide bonds. The number of hydrogen-bond donors (Lipinski definition) is 1. The van der Waals surface area contributed by atoms with Crippen LogP contribution in [0.3, 0.4) is 0 Å². The summed E-state index contributed by atoms with van der Waals surface area (Å²) in [5.74, 6) is 0. The monoisotopic (exact) mass is 330 g/mol. The zero-order valence-corrected chi connectivity index (χ0v) is 13.3. The van der Waals surface area contributed by atoms with Gasteiger partial charge < -0.3 is 5.32 Å². The lowest BCUT2D eigenvalue weighted by atomic mass is 10.2. The van der Waals surface area contributed by atoms with Crippen LogP contribution in [0.15, 0.2) is 15.9 Å². The Morgan fingerprint density at radius 3 is 2.71 bits per heavy atom. The molecule has 0 radical (unpaired) electrons.